The highest BCUT2D eigenvalue weighted by Crippen LogP contribution is 2.43. The van der Waals surface area contributed by atoms with Crippen molar-refractivity contribution < 1.29 is 14.8 Å². The minimum Gasteiger partial charge on any atom is -0.299 e. The average molecular weight is 701 g/mol. The molecule has 2 atom stereocenters. The monoisotopic (exact) mass is 700 g/mol. The molecule has 4 rings (SSSR count). The second-order valence-corrected chi connectivity index (χ2v) is 19.3. The van der Waals surface area contributed by atoms with Crippen molar-refractivity contribution in [1.29, 1.82) is 0 Å². The van der Waals surface area contributed by atoms with Crippen molar-refractivity contribution in [3.63, 3.8) is 0 Å². The van der Waals surface area contributed by atoms with Crippen LogP contribution in [-0.4, -0.2) is 0 Å². The van der Waals surface area contributed by atoms with E-state index in [0.717, 1.165) is 46.1 Å². The minimum absolute atomic E-state index is 0.00859. The van der Waals surface area contributed by atoms with Crippen LogP contribution < -0.4 is 20.4 Å². The van der Waals surface area contributed by atoms with Crippen molar-refractivity contribution in [1.82, 2.24) is 0 Å². The molecule has 266 valence electrons. The molecule has 0 amide bonds. The van der Waals surface area contributed by atoms with Crippen LogP contribution in [0.4, 0.5) is 0 Å². The lowest BCUT2D eigenvalue weighted by Gasteiger charge is -2.29. The minimum atomic E-state index is -0.169. The summed E-state index contributed by atoms with van der Waals surface area (Å²) in [5, 5.41) is 8.57. The Labute approximate surface area is 302 Å². The lowest BCUT2D eigenvalue weighted by Crippen LogP contribution is -2.21. The van der Waals surface area contributed by atoms with Crippen LogP contribution in [-0.2, 0) is 39.0 Å². The van der Waals surface area contributed by atoms with Gasteiger partial charge < -0.3 is 0 Å². The second-order valence-electron chi connectivity index (χ2n) is 16.7. The maximum Gasteiger partial charge on any atom is 0.176 e. The van der Waals surface area contributed by atoms with Gasteiger partial charge in [0.25, 0.3) is 0 Å². The molecule has 0 bridgehead atoms. The van der Waals surface area contributed by atoms with Gasteiger partial charge in [-0.3, -0.25) is 9.78 Å². The standard InChI is InChI=1S/C42H56O3P2.C2H6/c1-39(2,3)31-23-29(27-46-33-19-15-13-16-20-33)37(35(25-31)41(7,8)9)43-45-44-38-30(28-47-34-21-17-14-18-22-34)24-32(40(4,5)6)26-36(38)42(10,11)12;1-2/h13-26,46-47H,27-28H2,1-12H3;1-2H3. The van der Waals surface area contributed by atoms with Gasteiger partial charge in [0, 0.05) is 27.3 Å². The fraction of sp³-hybridized carbons (Fsp3) is 0.455. The van der Waals surface area contributed by atoms with E-state index in [1.54, 1.807) is 0 Å². The first-order chi connectivity index (χ1) is 22.8. The average Bonchev–Trinajstić information content (AvgIpc) is 3.03. The molecule has 0 aromatic heterocycles. The zero-order valence-electron chi connectivity index (χ0n) is 32.7. The second kappa shape index (κ2) is 17.0. The molecule has 0 heterocycles. The number of benzene rings is 4. The highest BCUT2D eigenvalue weighted by molar-refractivity contribution is 7.46. The molecule has 5 heteroatoms. The van der Waals surface area contributed by atoms with Gasteiger partial charge in [-0.1, -0.05) is 199 Å². The number of hydrogen-bond acceptors (Lipinski definition) is 3. The van der Waals surface area contributed by atoms with Gasteiger partial charge in [-0.25, -0.2) is 0 Å². The molecule has 0 N–H and O–H groups in total. The number of hydrogen-bond donors (Lipinski definition) is 0. The molecule has 49 heavy (non-hydrogen) atoms. The summed E-state index contributed by atoms with van der Waals surface area (Å²) in [6.45, 7) is 31.0. The first kappa shape index (κ1) is 40.7. The predicted molar refractivity (Wildman–Crippen MR) is 218 cm³/mol. The molecule has 4 aromatic carbocycles. The van der Waals surface area contributed by atoms with E-state index in [2.05, 4.69) is 168 Å². The van der Waals surface area contributed by atoms with Crippen molar-refractivity contribution in [3.05, 3.63) is 118 Å². The largest absolute Gasteiger partial charge is 0.299 e. The molecule has 0 radical (unpaired) electrons. The van der Waals surface area contributed by atoms with Crippen LogP contribution >= 0.6 is 17.2 Å². The summed E-state index contributed by atoms with van der Waals surface area (Å²) in [6.07, 6.45) is 1.71. The SMILES string of the molecule is CC.CC(C)(C)c1cc(CPc2ccccc2)c(OOOc2c(CPc3ccccc3)cc(C(C)(C)C)cc2C(C)(C)C)c(C(C)(C)C)c1. The summed E-state index contributed by atoms with van der Waals surface area (Å²) in [5.74, 6) is 1.51. The van der Waals surface area contributed by atoms with Gasteiger partial charge in [0.2, 0.25) is 0 Å². The van der Waals surface area contributed by atoms with E-state index in [9.17, 15) is 0 Å². The maximum absolute atomic E-state index is 6.32. The van der Waals surface area contributed by atoms with Crippen LogP contribution in [0.1, 0.15) is 130 Å². The smallest absolute Gasteiger partial charge is 0.176 e. The zero-order chi connectivity index (χ0) is 36.6. The van der Waals surface area contributed by atoms with Crippen LogP contribution in [0.5, 0.6) is 11.5 Å². The van der Waals surface area contributed by atoms with E-state index in [0.29, 0.717) is 17.2 Å². The fourth-order valence-corrected chi connectivity index (χ4v) is 7.58. The van der Waals surface area contributed by atoms with E-state index in [1.807, 2.05) is 13.8 Å². The normalized spacial score (nSPS) is 12.8. The summed E-state index contributed by atoms with van der Waals surface area (Å²) in [5.41, 5.74) is 6.74. The summed E-state index contributed by atoms with van der Waals surface area (Å²) in [6, 6.07) is 30.5. The summed E-state index contributed by atoms with van der Waals surface area (Å²) in [4.78, 5) is 12.6. The van der Waals surface area contributed by atoms with E-state index in [4.69, 9.17) is 14.8 Å². The Morgan fingerprint density at radius 2 is 0.776 bits per heavy atom. The molecule has 0 aliphatic heterocycles. The molecule has 0 saturated carbocycles. The molecule has 2 unspecified atom stereocenters. The van der Waals surface area contributed by atoms with E-state index in [-0.39, 0.29) is 21.7 Å². The Hall–Kier alpha value is -2.70. The highest BCUT2D eigenvalue weighted by Gasteiger charge is 2.29. The molecule has 4 aromatic rings. The third-order valence-electron chi connectivity index (χ3n) is 8.43. The van der Waals surface area contributed by atoms with E-state index in [1.165, 1.54) is 21.7 Å². The van der Waals surface area contributed by atoms with Crippen LogP contribution in [0.15, 0.2) is 84.9 Å². The lowest BCUT2D eigenvalue weighted by molar-refractivity contribution is -0.412. The van der Waals surface area contributed by atoms with Crippen molar-refractivity contribution in [2.45, 2.75) is 131 Å². The third-order valence-corrected chi connectivity index (χ3v) is 11.0. The summed E-state index contributed by atoms with van der Waals surface area (Å²) < 4.78 is 0. The Balaban J connectivity index is 0.00000319. The summed E-state index contributed by atoms with van der Waals surface area (Å²) >= 11 is 0. The van der Waals surface area contributed by atoms with Gasteiger partial charge in [-0.15, -0.1) is 0 Å². The Morgan fingerprint density at radius 3 is 1.06 bits per heavy atom. The Bertz CT molecular complexity index is 1500. The van der Waals surface area contributed by atoms with Crippen molar-refractivity contribution >= 4 is 27.8 Å². The van der Waals surface area contributed by atoms with Gasteiger partial charge in [-0.05, 0) is 55.7 Å². The Morgan fingerprint density at radius 1 is 0.449 bits per heavy atom. The molecule has 0 aliphatic rings. The van der Waals surface area contributed by atoms with Gasteiger partial charge >= 0.3 is 0 Å². The first-order valence-electron chi connectivity index (χ1n) is 17.8. The molecule has 0 spiro atoms. The van der Waals surface area contributed by atoms with Crippen molar-refractivity contribution in [2.24, 2.45) is 0 Å². The first-order valence-corrected chi connectivity index (χ1v) is 20.2. The van der Waals surface area contributed by atoms with Crippen LogP contribution in [0.3, 0.4) is 0 Å². The van der Waals surface area contributed by atoms with Gasteiger partial charge in [0.1, 0.15) is 0 Å². The number of rotatable bonds is 10. The van der Waals surface area contributed by atoms with Crippen LogP contribution in [0, 0.1) is 0 Å². The molecule has 0 fully saturated rings. The van der Waals surface area contributed by atoms with E-state index >= 15 is 0 Å². The van der Waals surface area contributed by atoms with Crippen LogP contribution in [0.25, 0.3) is 0 Å². The Kier molecular flexibility index (Phi) is 14.1. The van der Waals surface area contributed by atoms with Gasteiger partial charge in [-0.2, -0.15) is 0 Å². The molecular formula is C44H62O3P2. The highest BCUT2D eigenvalue weighted by atomic mass is 31.1. The van der Waals surface area contributed by atoms with E-state index < -0.39 is 0 Å². The molecule has 0 aliphatic carbocycles. The van der Waals surface area contributed by atoms with Crippen molar-refractivity contribution in [2.75, 3.05) is 0 Å². The summed E-state index contributed by atoms with van der Waals surface area (Å²) in [7, 11) is 1.22. The molecular weight excluding hydrogens is 638 g/mol. The maximum atomic E-state index is 6.32. The molecule has 3 nitrogen and oxygen atoms in total. The van der Waals surface area contributed by atoms with Crippen molar-refractivity contribution in [3.8, 4) is 11.5 Å². The lowest BCUT2D eigenvalue weighted by atomic mass is 9.79. The predicted octanol–water partition coefficient (Wildman–Crippen LogP) is 12.2. The van der Waals surface area contributed by atoms with Crippen LogP contribution in [0.2, 0.25) is 0 Å². The third kappa shape index (κ3) is 11.7. The zero-order valence-corrected chi connectivity index (χ0v) is 34.7. The quantitative estimate of drug-likeness (QED) is 0.0936. The van der Waals surface area contributed by atoms with Gasteiger partial charge in [0.05, 0.1) is 0 Å². The molecule has 0 saturated heterocycles. The fourth-order valence-electron chi connectivity index (χ4n) is 5.41. The van der Waals surface area contributed by atoms with Gasteiger partial charge in [0.15, 0.2) is 11.5 Å². The topological polar surface area (TPSA) is 27.7 Å².